The Balaban J connectivity index is 0.000000534. The average Bonchev–Trinajstić information content (AvgIpc) is 3.63. The molecule has 0 bridgehead atoms. The third-order valence-corrected chi connectivity index (χ3v) is 11.2. The van der Waals surface area contributed by atoms with Crippen molar-refractivity contribution in [3.8, 4) is 51.5 Å². The molecule has 2 atom stereocenters. The van der Waals surface area contributed by atoms with E-state index in [0.717, 1.165) is 23.5 Å². The fraction of sp³-hybridized carbons (Fsp3) is 0.617. The summed E-state index contributed by atoms with van der Waals surface area (Å²) in [7, 11) is 1.82. The van der Waals surface area contributed by atoms with Gasteiger partial charge in [0.1, 0.15) is 22.9 Å². The van der Waals surface area contributed by atoms with Crippen LogP contribution < -0.4 is 4.74 Å². The van der Waals surface area contributed by atoms with Crippen molar-refractivity contribution in [2.24, 2.45) is 18.9 Å². The van der Waals surface area contributed by atoms with Gasteiger partial charge in [0.25, 0.3) is 0 Å². The van der Waals surface area contributed by atoms with Crippen LogP contribution in [0, 0.1) is 32.6 Å². The van der Waals surface area contributed by atoms with Gasteiger partial charge in [0.05, 0.1) is 17.7 Å². The van der Waals surface area contributed by atoms with E-state index in [1.807, 2.05) is 52.1 Å². The molecule has 2 unspecified atom stereocenters. The molecule has 2 aromatic carbocycles. The summed E-state index contributed by atoms with van der Waals surface area (Å²) in [5, 5.41) is 26.6. The number of benzene rings is 2. The molecule has 0 radical (unpaired) electrons. The topological polar surface area (TPSA) is 106 Å². The average molecular weight is 756 g/mol. The summed E-state index contributed by atoms with van der Waals surface area (Å²) < 4.78 is 7.98. The molecule has 2 N–H and O–H groups in total. The van der Waals surface area contributed by atoms with Crippen molar-refractivity contribution in [2.75, 3.05) is 6.61 Å². The first kappa shape index (κ1) is 45.4. The Bertz CT molecular complexity index is 1700. The zero-order valence-electron chi connectivity index (χ0n) is 35.9. The van der Waals surface area contributed by atoms with E-state index in [1.54, 1.807) is 16.9 Å². The number of phenols is 2. The first-order valence-electron chi connectivity index (χ1n) is 21.6. The largest absolute Gasteiger partial charge is 0.507 e. The Kier molecular flexibility index (Phi) is 20.3. The Labute approximate surface area is 333 Å². The lowest BCUT2D eigenvalue weighted by molar-refractivity contribution is 0.223. The van der Waals surface area contributed by atoms with Crippen molar-refractivity contribution >= 4 is 0 Å². The lowest BCUT2D eigenvalue weighted by Gasteiger charge is -2.19. The molecule has 0 aliphatic rings. The SMILES string of the molecule is CCCCCCC(CC)CCCC.CCCCCCC(CCCC)COc1ccc(-c2nc(-c3ccc(C)c(C)c3O)nc(-c3ccnn3C)n2)c(O)c1C. The number of aryl methyl sites for hydroxylation is 2. The van der Waals surface area contributed by atoms with E-state index < -0.39 is 0 Å². The quantitative estimate of drug-likeness (QED) is 0.0726. The Morgan fingerprint density at radius 3 is 1.64 bits per heavy atom. The normalized spacial score (nSPS) is 12.3. The Morgan fingerprint density at radius 1 is 0.582 bits per heavy atom. The molecule has 0 spiro atoms. The third kappa shape index (κ3) is 13.9. The number of nitrogens with zero attached hydrogens (tertiary/aromatic N) is 5. The second-order valence-corrected chi connectivity index (χ2v) is 15.6. The van der Waals surface area contributed by atoms with E-state index in [0.29, 0.717) is 58.1 Å². The molecule has 8 nitrogen and oxygen atoms in total. The van der Waals surface area contributed by atoms with Crippen LogP contribution in [0.3, 0.4) is 0 Å². The van der Waals surface area contributed by atoms with Crippen molar-refractivity contribution in [3.63, 3.8) is 0 Å². The number of rotatable bonds is 23. The summed E-state index contributed by atoms with van der Waals surface area (Å²) in [4.78, 5) is 14.1. The van der Waals surface area contributed by atoms with Gasteiger partial charge >= 0.3 is 0 Å². The molecular formula is C47H73N5O3. The van der Waals surface area contributed by atoms with Gasteiger partial charge < -0.3 is 14.9 Å². The number of hydrogen-bond acceptors (Lipinski definition) is 7. The van der Waals surface area contributed by atoms with Gasteiger partial charge in [-0.2, -0.15) is 5.10 Å². The van der Waals surface area contributed by atoms with E-state index >= 15 is 0 Å². The lowest BCUT2D eigenvalue weighted by atomic mass is 9.93. The molecule has 4 aromatic rings. The van der Waals surface area contributed by atoms with Crippen LogP contribution in [0.1, 0.15) is 160 Å². The number of aromatic nitrogens is 5. The van der Waals surface area contributed by atoms with Gasteiger partial charge in [-0.15, -0.1) is 0 Å². The van der Waals surface area contributed by atoms with Crippen LogP contribution in [-0.2, 0) is 7.05 Å². The van der Waals surface area contributed by atoms with Crippen LogP contribution in [-0.4, -0.2) is 41.6 Å². The minimum absolute atomic E-state index is 0.0676. The monoisotopic (exact) mass is 756 g/mol. The summed E-state index contributed by atoms with van der Waals surface area (Å²) in [6, 6.07) is 9.25. The summed E-state index contributed by atoms with van der Waals surface area (Å²) >= 11 is 0. The highest BCUT2D eigenvalue weighted by Gasteiger charge is 2.21. The smallest absolute Gasteiger partial charge is 0.182 e. The van der Waals surface area contributed by atoms with Crippen LogP contribution in [0.25, 0.3) is 34.3 Å². The fourth-order valence-corrected chi connectivity index (χ4v) is 7.10. The molecule has 8 heteroatoms. The molecule has 0 amide bonds. The number of ether oxygens (including phenoxy) is 1. The molecule has 4 rings (SSSR count). The van der Waals surface area contributed by atoms with E-state index in [2.05, 4.69) is 39.7 Å². The molecule has 0 saturated carbocycles. The number of phenolic OH excluding ortho intramolecular Hbond substituents is 2. The Morgan fingerprint density at radius 2 is 1.09 bits per heavy atom. The van der Waals surface area contributed by atoms with Gasteiger partial charge in [-0.05, 0) is 80.8 Å². The maximum Gasteiger partial charge on any atom is 0.182 e. The van der Waals surface area contributed by atoms with Gasteiger partial charge in [-0.25, -0.2) is 15.0 Å². The van der Waals surface area contributed by atoms with Gasteiger partial charge in [0.15, 0.2) is 17.5 Å². The highest BCUT2D eigenvalue weighted by molar-refractivity contribution is 5.74. The summed E-state index contributed by atoms with van der Waals surface area (Å²) in [5.41, 5.74) is 4.04. The molecule has 2 heterocycles. The number of aromatic hydroxyl groups is 2. The van der Waals surface area contributed by atoms with E-state index in [-0.39, 0.29) is 11.5 Å². The minimum atomic E-state index is 0.0676. The van der Waals surface area contributed by atoms with E-state index in [1.165, 1.54) is 103 Å². The highest BCUT2D eigenvalue weighted by atomic mass is 16.5. The van der Waals surface area contributed by atoms with Crippen LogP contribution >= 0.6 is 0 Å². The second-order valence-electron chi connectivity index (χ2n) is 15.6. The maximum absolute atomic E-state index is 11.4. The summed E-state index contributed by atoms with van der Waals surface area (Å²) in [6.07, 6.45) is 24.3. The number of unbranched alkanes of at least 4 members (excludes halogenated alkanes) is 8. The highest BCUT2D eigenvalue weighted by Crippen LogP contribution is 2.38. The van der Waals surface area contributed by atoms with Crippen LogP contribution in [0.5, 0.6) is 17.2 Å². The first-order valence-corrected chi connectivity index (χ1v) is 21.6. The molecule has 0 aliphatic carbocycles. The molecule has 0 aliphatic heterocycles. The summed E-state index contributed by atoms with van der Waals surface area (Å²) in [6.45, 7) is 17.7. The van der Waals surface area contributed by atoms with Crippen molar-refractivity contribution in [1.82, 2.24) is 24.7 Å². The van der Waals surface area contributed by atoms with E-state index in [9.17, 15) is 10.2 Å². The van der Waals surface area contributed by atoms with E-state index in [4.69, 9.17) is 19.7 Å². The zero-order valence-corrected chi connectivity index (χ0v) is 35.9. The summed E-state index contributed by atoms with van der Waals surface area (Å²) in [5.74, 6) is 3.40. The second kappa shape index (κ2) is 24.5. The zero-order chi connectivity index (χ0) is 40.2. The van der Waals surface area contributed by atoms with Gasteiger partial charge in [-0.3, -0.25) is 4.68 Å². The molecule has 2 aromatic heterocycles. The molecule has 0 saturated heterocycles. The van der Waals surface area contributed by atoms with Gasteiger partial charge in [-0.1, -0.05) is 137 Å². The van der Waals surface area contributed by atoms with Crippen molar-refractivity contribution < 1.29 is 14.9 Å². The van der Waals surface area contributed by atoms with Crippen LogP contribution in [0.4, 0.5) is 0 Å². The maximum atomic E-state index is 11.4. The first-order chi connectivity index (χ1) is 26.6. The predicted octanol–water partition coefficient (Wildman–Crippen LogP) is 13.3. The Hall–Kier alpha value is -3.94. The molecule has 304 valence electrons. The van der Waals surface area contributed by atoms with Crippen molar-refractivity contribution in [2.45, 2.75) is 165 Å². The fourth-order valence-electron chi connectivity index (χ4n) is 7.10. The minimum Gasteiger partial charge on any atom is -0.507 e. The number of hydrogen-bond donors (Lipinski definition) is 2. The van der Waals surface area contributed by atoms with Crippen LogP contribution in [0.2, 0.25) is 0 Å². The predicted molar refractivity (Wildman–Crippen MR) is 230 cm³/mol. The third-order valence-electron chi connectivity index (χ3n) is 11.2. The molecular weight excluding hydrogens is 683 g/mol. The van der Waals surface area contributed by atoms with Crippen molar-refractivity contribution in [3.05, 3.63) is 53.2 Å². The molecule has 0 fully saturated rings. The van der Waals surface area contributed by atoms with Crippen LogP contribution in [0.15, 0.2) is 36.5 Å². The van der Waals surface area contributed by atoms with Gasteiger partial charge in [0, 0.05) is 18.8 Å². The lowest BCUT2D eigenvalue weighted by Crippen LogP contribution is -2.13. The molecule has 55 heavy (non-hydrogen) atoms. The standard InChI is InChI=1S/C34H45N5O3.C13H28/c1-7-9-11-12-14-25(13-10-8-2)21-42-29-18-17-27(31(41)24(29)5)33-36-32(26-16-15-22(3)23(4)30(26)40)37-34(38-33)28-19-20-35-39(28)6;1-4-7-9-10-12-13(6-3)11-8-5-2/h15-20,25,40-41H,7-14,21H2,1-6H3;13H,4-12H2,1-3H3. The van der Waals surface area contributed by atoms with Crippen molar-refractivity contribution in [1.29, 1.82) is 0 Å². The van der Waals surface area contributed by atoms with Gasteiger partial charge in [0.2, 0.25) is 0 Å².